The van der Waals surface area contributed by atoms with Crippen LogP contribution in [-0.2, 0) is 4.74 Å². The second-order valence-corrected chi connectivity index (χ2v) is 9.97. The van der Waals surface area contributed by atoms with Gasteiger partial charge in [-0.05, 0) is 56.3 Å². The first-order chi connectivity index (χ1) is 18.0. The minimum atomic E-state index is -0.341. The molecule has 1 N–H and O–H groups in total. The Morgan fingerprint density at radius 3 is 2.41 bits per heavy atom. The van der Waals surface area contributed by atoms with Gasteiger partial charge in [-0.15, -0.1) is 10.2 Å². The average Bonchev–Trinajstić information content (AvgIpc) is 3.50. The van der Waals surface area contributed by atoms with E-state index in [1.165, 1.54) is 11.9 Å². The highest BCUT2D eigenvalue weighted by atomic mass is 32.2. The molecule has 3 heterocycles. The number of hydrogen-bond donors (Lipinski definition) is 1. The smallest absolute Gasteiger partial charge is 0.239 e. The number of nitrogens with one attached hydrogen (secondary N) is 1. The fraction of sp³-hybridized carbons (Fsp3) is 0.400. The van der Waals surface area contributed by atoms with Gasteiger partial charge in [-0.3, -0.25) is 9.29 Å². The molecule has 1 aliphatic carbocycles. The third-order valence-corrected chi connectivity index (χ3v) is 7.02. The second-order valence-electron chi connectivity index (χ2n) is 8.78. The number of aromatic nitrogens is 6. The first-order valence-corrected chi connectivity index (χ1v) is 12.8. The van der Waals surface area contributed by atoms with E-state index in [-0.39, 0.29) is 11.4 Å². The minimum absolute atomic E-state index is 0.0746. The van der Waals surface area contributed by atoms with Crippen LogP contribution in [0.5, 0.6) is 11.5 Å². The van der Waals surface area contributed by atoms with E-state index >= 15 is 0 Å². The molecule has 194 valence electrons. The van der Waals surface area contributed by atoms with Crippen molar-refractivity contribution in [3.8, 4) is 28.7 Å². The van der Waals surface area contributed by atoms with Gasteiger partial charge in [-0.25, -0.2) is 9.97 Å². The van der Waals surface area contributed by atoms with E-state index < -0.39 is 0 Å². The monoisotopic (exact) mass is 523 g/mol. The maximum Gasteiger partial charge on any atom is 0.239 e. The number of anilines is 1. The van der Waals surface area contributed by atoms with Crippen LogP contribution in [0.25, 0.3) is 17.2 Å². The van der Waals surface area contributed by atoms with Crippen LogP contribution in [0.4, 0.5) is 5.95 Å². The lowest BCUT2D eigenvalue weighted by Crippen LogP contribution is -2.19. The van der Waals surface area contributed by atoms with Crippen LogP contribution in [0.15, 0.2) is 41.2 Å². The molecular weight excluding hydrogens is 494 g/mol. The van der Waals surface area contributed by atoms with Gasteiger partial charge in [-0.2, -0.15) is 0 Å². The fourth-order valence-corrected chi connectivity index (χ4v) is 4.78. The van der Waals surface area contributed by atoms with Crippen molar-refractivity contribution in [2.45, 2.75) is 44.0 Å². The Balaban J connectivity index is 1.50. The molecule has 0 bridgehead atoms. The Kier molecular flexibility index (Phi) is 7.28. The zero-order chi connectivity index (χ0) is 25.9. The van der Waals surface area contributed by atoms with Crippen molar-refractivity contribution in [2.75, 3.05) is 26.1 Å². The molecule has 2 atom stereocenters. The number of ether oxygens (including phenoxy) is 3. The molecule has 1 fully saturated rings. The van der Waals surface area contributed by atoms with Crippen LogP contribution >= 0.6 is 11.9 Å². The van der Waals surface area contributed by atoms with Gasteiger partial charge in [0.25, 0.3) is 0 Å². The van der Waals surface area contributed by atoms with Crippen LogP contribution in [0.3, 0.4) is 0 Å². The molecule has 3 aromatic heterocycles. The summed E-state index contributed by atoms with van der Waals surface area (Å²) in [6.07, 6.45) is 5.43. The molecule has 1 aliphatic rings. The van der Waals surface area contributed by atoms with E-state index in [0.717, 1.165) is 24.2 Å². The molecule has 5 rings (SSSR count). The van der Waals surface area contributed by atoms with Crippen molar-refractivity contribution < 1.29 is 18.7 Å². The maximum atomic E-state index is 5.73. The van der Waals surface area contributed by atoms with Gasteiger partial charge < -0.3 is 18.7 Å². The minimum Gasteiger partial charge on any atom is -0.494 e. The fourth-order valence-electron chi connectivity index (χ4n) is 4.00. The molecule has 0 saturated heterocycles. The van der Waals surface area contributed by atoms with Crippen LogP contribution in [0.1, 0.15) is 48.9 Å². The number of aryl methyl sites for hydroxylation is 1. The number of nitrogens with zero attached hydrogens (tertiary/aromatic N) is 6. The summed E-state index contributed by atoms with van der Waals surface area (Å²) in [6, 6.07) is 7.50. The zero-order valence-corrected chi connectivity index (χ0v) is 22.2. The van der Waals surface area contributed by atoms with Gasteiger partial charge in [0, 0.05) is 31.5 Å². The van der Waals surface area contributed by atoms with E-state index in [1.54, 1.807) is 33.7 Å². The van der Waals surface area contributed by atoms with Gasteiger partial charge in [0.05, 0.1) is 19.5 Å². The number of para-hydroxylation sites is 1. The highest BCUT2D eigenvalue weighted by Crippen LogP contribution is 2.42. The van der Waals surface area contributed by atoms with Crippen molar-refractivity contribution in [2.24, 2.45) is 0 Å². The van der Waals surface area contributed by atoms with Gasteiger partial charge in [0.2, 0.25) is 5.95 Å². The summed E-state index contributed by atoms with van der Waals surface area (Å²) in [6.45, 7) is 3.98. The molecule has 12 heteroatoms. The molecule has 0 spiro atoms. The summed E-state index contributed by atoms with van der Waals surface area (Å²) < 4.78 is 27.9. The number of methoxy groups -OCH3 is 3. The Morgan fingerprint density at radius 2 is 1.78 bits per heavy atom. The van der Waals surface area contributed by atoms with Crippen LogP contribution in [0.2, 0.25) is 0 Å². The molecule has 0 radical (unpaired) electrons. The SMILES string of the molecule is COc1cccc(OC)c1-n1c(NS[C@@H](C)C(OC)c2ncc(C)cn2)nnc1-c1cc(C2CC2)on1. The lowest BCUT2D eigenvalue weighted by Gasteiger charge is -2.22. The van der Waals surface area contributed by atoms with Gasteiger partial charge in [-0.1, -0.05) is 11.2 Å². The predicted octanol–water partition coefficient (Wildman–Crippen LogP) is 4.75. The summed E-state index contributed by atoms with van der Waals surface area (Å²) >= 11 is 1.42. The summed E-state index contributed by atoms with van der Waals surface area (Å²) in [4.78, 5) is 8.88. The maximum absolute atomic E-state index is 5.73. The Morgan fingerprint density at radius 1 is 1.08 bits per heavy atom. The molecule has 11 nitrogen and oxygen atoms in total. The number of benzene rings is 1. The highest BCUT2D eigenvalue weighted by Gasteiger charge is 2.31. The molecule has 1 aromatic carbocycles. The van der Waals surface area contributed by atoms with Crippen LogP contribution in [-0.4, -0.2) is 56.5 Å². The molecule has 37 heavy (non-hydrogen) atoms. The van der Waals surface area contributed by atoms with Crippen molar-refractivity contribution in [3.05, 3.63) is 53.8 Å². The van der Waals surface area contributed by atoms with Gasteiger partial charge >= 0.3 is 0 Å². The van der Waals surface area contributed by atoms with E-state index in [9.17, 15) is 0 Å². The topological polar surface area (TPSA) is 122 Å². The first kappa shape index (κ1) is 25.0. The zero-order valence-electron chi connectivity index (χ0n) is 21.3. The molecule has 1 saturated carbocycles. The molecule has 0 aliphatic heterocycles. The van der Waals surface area contributed by atoms with E-state index in [1.807, 2.05) is 42.7 Å². The van der Waals surface area contributed by atoms with E-state index in [2.05, 4.69) is 30.0 Å². The average molecular weight is 524 g/mol. The lowest BCUT2D eigenvalue weighted by atomic mass is 10.2. The van der Waals surface area contributed by atoms with Crippen LogP contribution in [0, 0.1) is 6.92 Å². The summed E-state index contributed by atoms with van der Waals surface area (Å²) in [5.41, 5.74) is 2.21. The molecule has 4 aromatic rings. The lowest BCUT2D eigenvalue weighted by molar-refractivity contribution is 0.0972. The highest BCUT2D eigenvalue weighted by molar-refractivity contribution is 8.01. The Labute approximate surface area is 219 Å². The standard InChI is InChI=1S/C25H29N7O4S/c1-14-12-26-23(27-13-14)22(35-5)15(2)37-31-25-29-28-24(17-11-20(36-30-17)16-9-10-16)32(25)21-18(33-3)7-6-8-19(21)34-4/h6-8,11-13,15-16,22H,9-10H2,1-5H3,(H,29,31)/t15-,22?/m0/s1. The van der Waals surface area contributed by atoms with Crippen LogP contribution < -0.4 is 14.2 Å². The van der Waals surface area contributed by atoms with Crippen molar-refractivity contribution in [1.29, 1.82) is 0 Å². The summed E-state index contributed by atoms with van der Waals surface area (Å²) in [7, 11) is 4.86. The summed E-state index contributed by atoms with van der Waals surface area (Å²) in [5, 5.41) is 13.1. The first-order valence-electron chi connectivity index (χ1n) is 11.9. The van der Waals surface area contributed by atoms with Crippen molar-refractivity contribution >= 4 is 17.9 Å². The number of hydrogen-bond acceptors (Lipinski definition) is 11. The summed E-state index contributed by atoms with van der Waals surface area (Å²) in [5.74, 6) is 4.03. The van der Waals surface area contributed by atoms with Crippen molar-refractivity contribution in [3.63, 3.8) is 0 Å². The van der Waals surface area contributed by atoms with E-state index in [4.69, 9.17) is 18.7 Å². The van der Waals surface area contributed by atoms with Crippen molar-refractivity contribution in [1.82, 2.24) is 29.9 Å². The Hall–Kier alpha value is -3.64. The second kappa shape index (κ2) is 10.8. The third-order valence-electron chi connectivity index (χ3n) is 6.10. The largest absolute Gasteiger partial charge is 0.494 e. The van der Waals surface area contributed by atoms with Gasteiger partial charge in [0.1, 0.15) is 29.1 Å². The molecular formula is C25H29N7O4S. The molecule has 0 amide bonds. The Bertz CT molecular complexity index is 1330. The van der Waals surface area contributed by atoms with Gasteiger partial charge in [0.15, 0.2) is 17.3 Å². The molecule has 1 unspecified atom stereocenters. The third kappa shape index (κ3) is 5.12. The van der Waals surface area contributed by atoms with E-state index in [0.29, 0.717) is 46.4 Å². The quantitative estimate of drug-likeness (QED) is 0.274. The number of rotatable bonds is 11. The predicted molar refractivity (Wildman–Crippen MR) is 139 cm³/mol. The normalized spacial score (nSPS) is 14.8.